The fourth-order valence-corrected chi connectivity index (χ4v) is 2.32. The van der Waals surface area contributed by atoms with Gasteiger partial charge in [-0.3, -0.25) is 4.79 Å². The standard InChI is InChI=1S/C16H11BrF2NO2.Y/c1-3-7-22-10-8-12(18)15(13(19)9-10)14-6-5-11(17)16(21)20(14)4-2;/h1,5,8-9H,4,7H2,2H3;/q-1;. The number of aromatic nitrogens is 1. The molecule has 0 aliphatic heterocycles. The first-order valence-corrected chi connectivity index (χ1v) is 7.15. The van der Waals surface area contributed by atoms with E-state index in [-0.39, 0.29) is 72.9 Å². The van der Waals surface area contributed by atoms with Crippen molar-refractivity contribution in [1.29, 1.82) is 0 Å². The van der Waals surface area contributed by atoms with Crippen molar-refractivity contribution in [3.05, 3.63) is 50.7 Å². The van der Waals surface area contributed by atoms with Crippen molar-refractivity contribution in [2.75, 3.05) is 6.61 Å². The molecule has 0 unspecified atom stereocenters. The van der Waals surface area contributed by atoms with Crippen LogP contribution in [0.5, 0.6) is 5.75 Å². The van der Waals surface area contributed by atoms with Crippen LogP contribution >= 0.6 is 15.9 Å². The Balaban J connectivity index is 0.00000264. The van der Waals surface area contributed by atoms with Gasteiger partial charge >= 0.3 is 0 Å². The van der Waals surface area contributed by atoms with Crippen molar-refractivity contribution in [2.45, 2.75) is 13.5 Å². The van der Waals surface area contributed by atoms with E-state index >= 15 is 0 Å². The third-order valence-electron chi connectivity index (χ3n) is 2.95. The van der Waals surface area contributed by atoms with Crippen molar-refractivity contribution >= 4 is 15.9 Å². The van der Waals surface area contributed by atoms with Gasteiger partial charge in [-0.25, -0.2) is 8.78 Å². The van der Waals surface area contributed by atoms with Crippen LogP contribution in [0.1, 0.15) is 6.92 Å². The zero-order valence-electron chi connectivity index (χ0n) is 12.2. The van der Waals surface area contributed by atoms with Crippen LogP contribution in [-0.2, 0) is 39.3 Å². The summed E-state index contributed by atoms with van der Waals surface area (Å²) in [7, 11) is 0. The fourth-order valence-electron chi connectivity index (χ4n) is 2.00. The molecule has 0 spiro atoms. The van der Waals surface area contributed by atoms with Gasteiger partial charge in [0, 0.05) is 51.4 Å². The second-order valence-corrected chi connectivity index (χ2v) is 5.14. The first-order chi connectivity index (χ1) is 10.5. The summed E-state index contributed by atoms with van der Waals surface area (Å²) in [6.45, 7) is 1.85. The average Bonchev–Trinajstić information content (AvgIpc) is 2.48. The molecule has 0 N–H and O–H groups in total. The minimum Gasteiger partial charge on any atom is -0.481 e. The fraction of sp³-hybridized carbons (Fsp3) is 0.188. The molecule has 23 heavy (non-hydrogen) atoms. The van der Waals surface area contributed by atoms with E-state index in [1.54, 1.807) is 6.92 Å². The molecule has 0 saturated heterocycles. The first kappa shape index (κ1) is 20.0. The molecule has 7 heteroatoms. The van der Waals surface area contributed by atoms with Gasteiger partial charge in [0.25, 0.3) is 0 Å². The molecular weight excluding hydrogens is 445 g/mol. The quantitative estimate of drug-likeness (QED) is 0.522. The Bertz CT molecular complexity index is 792. The zero-order chi connectivity index (χ0) is 16.3. The number of benzene rings is 1. The van der Waals surface area contributed by atoms with Crippen molar-refractivity contribution in [3.8, 4) is 29.4 Å². The maximum absolute atomic E-state index is 14.3. The van der Waals surface area contributed by atoms with E-state index in [0.717, 1.165) is 12.1 Å². The number of hydrogen-bond acceptors (Lipinski definition) is 2. The second kappa shape index (κ2) is 8.72. The molecule has 0 atom stereocenters. The summed E-state index contributed by atoms with van der Waals surface area (Å²) < 4.78 is 35.0. The minimum atomic E-state index is -0.854. The van der Waals surface area contributed by atoms with Crippen LogP contribution in [0.15, 0.2) is 27.5 Å². The number of halogens is 3. The van der Waals surface area contributed by atoms with E-state index in [2.05, 4.69) is 27.9 Å². The third-order valence-corrected chi connectivity index (χ3v) is 3.51. The van der Waals surface area contributed by atoms with Crippen LogP contribution in [0.3, 0.4) is 0 Å². The number of pyridine rings is 1. The SMILES string of the molecule is C#CCOc1cc(F)c(-c2[c-]cc(Br)c(=O)n2CC)c(F)c1.[Y]. The van der Waals surface area contributed by atoms with Crippen LogP contribution in [-0.4, -0.2) is 11.2 Å². The Kier molecular flexibility index (Phi) is 7.59. The smallest absolute Gasteiger partial charge is 0.208 e. The van der Waals surface area contributed by atoms with Crippen molar-refractivity contribution in [2.24, 2.45) is 0 Å². The maximum Gasteiger partial charge on any atom is 0.208 e. The van der Waals surface area contributed by atoms with E-state index < -0.39 is 11.6 Å². The van der Waals surface area contributed by atoms with Gasteiger partial charge in [0.2, 0.25) is 5.56 Å². The van der Waals surface area contributed by atoms with Crippen LogP contribution in [0, 0.1) is 30.0 Å². The molecule has 117 valence electrons. The van der Waals surface area contributed by atoms with Gasteiger partial charge in [0.15, 0.2) is 0 Å². The number of ether oxygens (including phenoxy) is 1. The van der Waals surface area contributed by atoms with Gasteiger partial charge in [-0.05, 0) is 17.0 Å². The van der Waals surface area contributed by atoms with E-state index in [9.17, 15) is 13.6 Å². The van der Waals surface area contributed by atoms with Crippen LogP contribution in [0.25, 0.3) is 11.3 Å². The summed E-state index contributed by atoms with van der Waals surface area (Å²) in [6.07, 6.45) is 5.03. The first-order valence-electron chi connectivity index (χ1n) is 6.36. The third kappa shape index (κ3) is 4.29. The summed E-state index contributed by atoms with van der Waals surface area (Å²) in [6, 6.07) is 6.11. The Morgan fingerprint density at radius 3 is 2.52 bits per heavy atom. The molecule has 0 fully saturated rings. The summed E-state index contributed by atoms with van der Waals surface area (Å²) in [5, 5.41) is 0. The Hall–Kier alpha value is -1.03. The van der Waals surface area contributed by atoms with Crippen molar-refractivity contribution in [3.63, 3.8) is 0 Å². The molecular formula is C16H11BrF2NO2Y-. The summed E-state index contributed by atoms with van der Waals surface area (Å²) in [5.74, 6) is 0.486. The molecule has 0 amide bonds. The van der Waals surface area contributed by atoms with Gasteiger partial charge < -0.3 is 9.30 Å². The molecule has 0 saturated carbocycles. The number of terminal acetylenes is 1. The van der Waals surface area contributed by atoms with Gasteiger partial charge in [-0.2, -0.15) is 12.1 Å². The van der Waals surface area contributed by atoms with E-state index in [0.29, 0.717) is 0 Å². The number of rotatable bonds is 4. The summed E-state index contributed by atoms with van der Waals surface area (Å²) in [5.41, 5.74) is -0.684. The second-order valence-electron chi connectivity index (χ2n) is 4.29. The molecule has 1 aromatic heterocycles. The molecule has 0 bridgehead atoms. The van der Waals surface area contributed by atoms with Gasteiger partial charge in [0.05, 0.1) is 11.6 Å². The van der Waals surface area contributed by atoms with Crippen LogP contribution in [0.2, 0.25) is 0 Å². The van der Waals surface area contributed by atoms with E-state index in [1.165, 1.54) is 10.6 Å². The molecule has 0 aliphatic carbocycles. The molecule has 0 aliphatic rings. The van der Waals surface area contributed by atoms with Gasteiger partial charge in [0.1, 0.15) is 12.4 Å². The van der Waals surface area contributed by atoms with Crippen LogP contribution in [0.4, 0.5) is 8.78 Å². The molecule has 2 rings (SSSR count). The average molecular weight is 456 g/mol. The normalized spacial score (nSPS) is 9.87. The Labute approximate surface area is 166 Å². The van der Waals surface area contributed by atoms with Crippen molar-refractivity contribution < 1.29 is 46.2 Å². The molecule has 2 aromatic rings. The topological polar surface area (TPSA) is 31.2 Å². The van der Waals surface area contributed by atoms with Gasteiger partial charge in [-0.1, -0.05) is 11.6 Å². The van der Waals surface area contributed by atoms with E-state index in [4.69, 9.17) is 11.2 Å². The predicted molar refractivity (Wildman–Crippen MR) is 82.6 cm³/mol. The minimum absolute atomic E-state index is 0. The molecule has 3 nitrogen and oxygen atoms in total. The van der Waals surface area contributed by atoms with Crippen molar-refractivity contribution in [1.82, 2.24) is 4.57 Å². The predicted octanol–water partition coefficient (Wildman–Crippen LogP) is 3.39. The zero-order valence-corrected chi connectivity index (χ0v) is 16.6. The molecule has 1 radical (unpaired) electrons. The Morgan fingerprint density at radius 2 is 2.00 bits per heavy atom. The van der Waals surface area contributed by atoms with E-state index in [1.807, 2.05) is 0 Å². The van der Waals surface area contributed by atoms with Gasteiger partial charge in [-0.15, -0.1) is 22.4 Å². The van der Waals surface area contributed by atoms with Crippen LogP contribution < -0.4 is 10.3 Å². The maximum atomic E-state index is 14.3. The number of hydrogen-bond donors (Lipinski definition) is 0. The number of nitrogens with zero attached hydrogens (tertiary/aromatic N) is 1. The molecule has 1 heterocycles. The Morgan fingerprint density at radius 1 is 1.39 bits per heavy atom. The summed E-state index contributed by atoms with van der Waals surface area (Å²) in [4.78, 5) is 12.0. The summed E-state index contributed by atoms with van der Waals surface area (Å²) >= 11 is 3.08. The molecule has 1 aromatic carbocycles. The monoisotopic (exact) mass is 455 g/mol. The largest absolute Gasteiger partial charge is 0.481 e.